The summed E-state index contributed by atoms with van der Waals surface area (Å²) in [5.74, 6) is 0.401. The van der Waals surface area contributed by atoms with Crippen molar-refractivity contribution in [1.29, 1.82) is 0 Å². The van der Waals surface area contributed by atoms with Crippen LogP contribution in [0.2, 0.25) is 0 Å². The van der Waals surface area contributed by atoms with Gasteiger partial charge in [0.2, 0.25) is 0 Å². The lowest BCUT2D eigenvalue weighted by atomic mass is 10.0. The second-order valence-electron chi connectivity index (χ2n) is 4.79. The molecule has 1 rings (SSSR count). The molecule has 0 aliphatic heterocycles. The molecular formula is C13H19BrN2O3. The van der Waals surface area contributed by atoms with Gasteiger partial charge in [-0.1, -0.05) is 19.9 Å². The zero-order valence-electron chi connectivity index (χ0n) is 11.1. The van der Waals surface area contributed by atoms with Crippen LogP contribution >= 0.6 is 15.9 Å². The number of nitrogens with one attached hydrogen (secondary N) is 1. The van der Waals surface area contributed by atoms with Crippen molar-refractivity contribution in [1.82, 2.24) is 5.32 Å². The maximum Gasteiger partial charge on any atom is 0.283 e. The Balaban J connectivity index is 2.72. The molecule has 106 valence electrons. The lowest BCUT2D eigenvalue weighted by Gasteiger charge is -2.21. The summed E-state index contributed by atoms with van der Waals surface area (Å²) in [6.45, 7) is 4.85. The molecule has 1 aromatic rings. The van der Waals surface area contributed by atoms with Crippen LogP contribution in [0.5, 0.6) is 0 Å². The highest BCUT2D eigenvalue weighted by Crippen LogP contribution is 2.25. The van der Waals surface area contributed by atoms with E-state index in [9.17, 15) is 10.1 Å². The third kappa shape index (κ3) is 4.89. The first kappa shape index (κ1) is 16.1. The van der Waals surface area contributed by atoms with Gasteiger partial charge in [0, 0.05) is 25.3 Å². The molecule has 0 aliphatic rings. The van der Waals surface area contributed by atoms with Crippen LogP contribution in [0.3, 0.4) is 0 Å². The van der Waals surface area contributed by atoms with E-state index in [2.05, 4.69) is 35.1 Å². The minimum atomic E-state index is -0.402. The number of aliphatic hydroxyl groups excluding tert-OH is 1. The first-order chi connectivity index (χ1) is 8.95. The molecule has 5 nitrogen and oxygen atoms in total. The van der Waals surface area contributed by atoms with Crippen molar-refractivity contribution in [3.8, 4) is 0 Å². The summed E-state index contributed by atoms with van der Waals surface area (Å²) in [6, 6.07) is 5.30. The summed E-state index contributed by atoms with van der Waals surface area (Å²) < 4.78 is 0.483. The van der Waals surface area contributed by atoms with Gasteiger partial charge in [-0.15, -0.1) is 0 Å². The van der Waals surface area contributed by atoms with Crippen molar-refractivity contribution in [2.24, 2.45) is 5.92 Å². The van der Waals surface area contributed by atoms with Crippen LogP contribution in [0.25, 0.3) is 0 Å². The number of halogens is 1. The first-order valence-corrected chi connectivity index (χ1v) is 7.02. The largest absolute Gasteiger partial charge is 0.396 e. The van der Waals surface area contributed by atoms with E-state index in [0.717, 1.165) is 5.56 Å². The molecule has 1 unspecified atom stereocenters. The Kier molecular flexibility index (Phi) is 6.41. The Bertz CT molecular complexity index is 438. The zero-order valence-corrected chi connectivity index (χ0v) is 12.7. The third-order valence-corrected chi connectivity index (χ3v) is 3.69. The van der Waals surface area contributed by atoms with Gasteiger partial charge in [0.05, 0.1) is 9.40 Å². The number of nitrogens with zero attached hydrogens (tertiary/aromatic N) is 1. The highest BCUT2D eigenvalue weighted by molar-refractivity contribution is 9.10. The SMILES string of the molecule is CC(C)C(CCO)NCc1ccc(Br)c([N+](=O)[O-])c1. The zero-order chi connectivity index (χ0) is 14.4. The number of benzene rings is 1. The molecule has 0 fully saturated rings. The van der Waals surface area contributed by atoms with Gasteiger partial charge < -0.3 is 10.4 Å². The van der Waals surface area contributed by atoms with Crippen LogP contribution in [-0.4, -0.2) is 22.7 Å². The summed E-state index contributed by atoms with van der Waals surface area (Å²) >= 11 is 3.16. The molecule has 0 spiro atoms. The Morgan fingerprint density at radius 1 is 1.47 bits per heavy atom. The monoisotopic (exact) mass is 330 g/mol. The summed E-state index contributed by atoms with van der Waals surface area (Å²) in [6.07, 6.45) is 0.677. The summed E-state index contributed by atoms with van der Waals surface area (Å²) in [4.78, 5) is 10.4. The Morgan fingerprint density at radius 2 is 2.16 bits per heavy atom. The van der Waals surface area contributed by atoms with Crippen molar-refractivity contribution in [2.45, 2.75) is 32.9 Å². The van der Waals surface area contributed by atoms with Gasteiger partial charge in [-0.05, 0) is 39.9 Å². The lowest BCUT2D eigenvalue weighted by Crippen LogP contribution is -2.34. The highest BCUT2D eigenvalue weighted by Gasteiger charge is 2.15. The molecule has 0 heterocycles. The fourth-order valence-corrected chi connectivity index (χ4v) is 2.26. The van der Waals surface area contributed by atoms with Crippen molar-refractivity contribution in [3.63, 3.8) is 0 Å². The van der Waals surface area contributed by atoms with E-state index < -0.39 is 4.92 Å². The molecule has 0 radical (unpaired) electrons. The predicted molar refractivity (Wildman–Crippen MR) is 78.0 cm³/mol. The normalized spacial score (nSPS) is 12.7. The van der Waals surface area contributed by atoms with E-state index in [1.54, 1.807) is 12.1 Å². The third-order valence-electron chi connectivity index (χ3n) is 3.02. The topological polar surface area (TPSA) is 75.4 Å². The van der Waals surface area contributed by atoms with Crippen LogP contribution in [0.4, 0.5) is 5.69 Å². The Morgan fingerprint density at radius 3 is 2.68 bits per heavy atom. The number of nitro groups is 1. The minimum absolute atomic E-state index is 0.0718. The second-order valence-corrected chi connectivity index (χ2v) is 5.64. The molecule has 0 aromatic heterocycles. The van der Waals surface area contributed by atoms with Gasteiger partial charge in [-0.3, -0.25) is 10.1 Å². The summed E-state index contributed by atoms with van der Waals surface area (Å²) in [5.41, 5.74) is 0.932. The average Bonchev–Trinajstić information content (AvgIpc) is 2.35. The molecule has 0 saturated heterocycles. The number of rotatable bonds is 7. The maximum atomic E-state index is 10.8. The van der Waals surface area contributed by atoms with Gasteiger partial charge in [0.25, 0.3) is 5.69 Å². The molecule has 2 N–H and O–H groups in total. The molecule has 0 amide bonds. The standard InChI is InChI=1S/C13H19BrN2O3/c1-9(2)12(5-6-17)15-8-10-3-4-11(14)13(7-10)16(18)19/h3-4,7,9,12,15,17H,5-6,8H2,1-2H3. The molecule has 1 atom stereocenters. The van der Waals surface area contributed by atoms with Crippen LogP contribution in [0, 0.1) is 16.0 Å². The molecule has 6 heteroatoms. The lowest BCUT2D eigenvalue weighted by molar-refractivity contribution is -0.385. The maximum absolute atomic E-state index is 10.8. The first-order valence-electron chi connectivity index (χ1n) is 6.22. The van der Waals surface area contributed by atoms with Crippen molar-refractivity contribution >= 4 is 21.6 Å². The van der Waals surface area contributed by atoms with E-state index in [1.807, 2.05) is 6.07 Å². The number of nitro benzene ring substituents is 1. The number of hydrogen-bond donors (Lipinski definition) is 2. The van der Waals surface area contributed by atoms with Crippen LogP contribution in [0.1, 0.15) is 25.8 Å². The minimum Gasteiger partial charge on any atom is -0.396 e. The predicted octanol–water partition coefficient (Wildman–Crippen LogP) is 2.85. The summed E-state index contributed by atoms with van der Waals surface area (Å²) in [7, 11) is 0. The van der Waals surface area contributed by atoms with E-state index >= 15 is 0 Å². The van der Waals surface area contributed by atoms with Gasteiger partial charge in [0.15, 0.2) is 0 Å². The van der Waals surface area contributed by atoms with Gasteiger partial charge in [-0.2, -0.15) is 0 Å². The van der Waals surface area contributed by atoms with Crippen LogP contribution in [-0.2, 0) is 6.54 Å². The van der Waals surface area contributed by atoms with Crippen LogP contribution in [0.15, 0.2) is 22.7 Å². The van der Waals surface area contributed by atoms with Gasteiger partial charge in [0.1, 0.15) is 0 Å². The molecular weight excluding hydrogens is 312 g/mol. The molecule has 1 aromatic carbocycles. The number of hydrogen-bond acceptors (Lipinski definition) is 4. The number of aliphatic hydroxyl groups is 1. The Labute approximate surface area is 121 Å². The van der Waals surface area contributed by atoms with E-state index in [-0.39, 0.29) is 18.3 Å². The molecule has 0 aliphatic carbocycles. The average molecular weight is 331 g/mol. The second kappa shape index (κ2) is 7.57. The fourth-order valence-electron chi connectivity index (χ4n) is 1.87. The van der Waals surface area contributed by atoms with E-state index in [4.69, 9.17) is 5.11 Å². The van der Waals surface area contributed by atoms with E-state index in [0.29, 0.717) is 23.4 Å². The van der Waals surface area contributed by atoms with Crippen molar-refractivity contribution < 1.29 is 10.0 Å². The smallest absolute Gasteiger partial charge is 0.283 e. The quantitative estimate of drug-likeness (QED) is 0.595. The van der Waals surface area contributed by atoms with Crippen molar-refractivity contribution in [3.05, 3.63) is 38.3 Å². The van der Waals surface area contributed by atoms with Crippen LogP contribution < -0.4 is 5.32 Å². The summed E-state index contributed by atoms with van der Waals surface area (Å²) in [5, 5.41) is 23.2. The van der Waals surface area contributed by atoms with Crippen molar-refractivity contribution in [2.75, 3.05) is 6.61 Å². The molecule has 19 heavy (non-hydrogen) atoms. The van der Waals surface area contributed by atoms with Gasteiger partial charge in [-0.25, -0.2) is 0 Å². The van der Waals surface area contributed by atoms with E-state index in [1.165, 1.54) is 0 Å². The fraction of sp³-hybridized carbons (Fsp3) is 0.538. The highest BCUT2D eigenvalue weighted by atomic mass is 79.9. The molecule has 0 saturated carbocycles. The Hall–Kier alpha value is -0.980. The van der Waals surface area contributed by atoms with Gasteiger partial charge >= 0.3 is 0 Å². The molecule has 0 bridgehead atoms.